The number of aryl methyl sites for hydroxylation is 1. The van der Waals surface area contributed by atoms with E-state index in [0.29, 0.717) is 18.5 Å². The number of rotatable bonds is 8. The molecule has 0 spiro atoms. The molecule has 7 heteroatoms. The summed E-state index contributed by atoms with van der Waals surface area (Å²) in [7, 11) is 2.04. The monoisotopic (exact) mass is 370 g/mol. The van der Waals surface area contributed by atoms with E-state index in [9.17, 15) is 9.59 Å². The molecule has 1 N–H and O–H groups in total. The average Bonchev–Trinajstić information content (AvgIpc) is 3.15. The number of anilines is 1. The molecule has 2 heterocycles. The van der Waals surface area contributed by atoms with Crippen LogP contribution in [0.5, 0.6) is 0 Å². The zero-order valence-corrected chi connectivity index (χ0v) is 15.5. The van der Waals surface area contributed by atoms with E-state index in [2.05, 4.69) is 27.3 Å². The van der Waals surface area contributed by atoms with Gasteiger partial charge in [-0.2, -0.15) is 0 Å². The minimum atomic E-state index is -0.0893. The van der Waals surface area contributed by atoms with Gasteiger partial charge in [-0.1, -0.05) is 18.2 Å². The van der Waals surface area contributed by atoms with E-state index >= 15 is 0 Å². The number of thiophene rings is 1. The van der Waals surface area contributed by atoms with Crippen molar-refractivity contribution < 1.29 is 4.79 Å². The molecule has 6 nitrogen and oxygen atoms in total. The molecule has 26 heavy (non-hydrogen) atoms. The summed E-state index contributed by atoms with van der Waals surface area (Å²) in [5.41, 5.74) is 1.07. The summed E-state index contributed by atoms with van der Waals surface area (Å²) in [5, 5.41) is 5.37. The van der Waals surface area contributed by atoms with Crippen LogP contribution in [-0.4, -0.2) is 35.6 Å². The molecular weight excluding hydrogens is 348 g/mol. The lowest BCUT2D eigenvalue weighted by molar-refractivity contribution is -0.121. The number of carbonyl (C=O) groups excluding carboxylic acids is 1. The van der Waals surface area contributed by atoms with Gasteiger partial charge in [-0.3, -0.25) is 14.2 Å². The van der Waals surface area contributed by atoms with Crippen LogP contribution in [-0.2, 0) is 11.3 Å². The van der Waals surface area contributed by atoms with E-state index < -0.39 is 0 Å². The van der Waals surface area contributed by atoms with Gasteiger partial charge in [0, 0.05) is 38.8 Å². The zero-order valence-electron chi connectivity index (χ0n) is 14.7. The second-order valence-electron chi connectivity index (χ2n) is 6.09. The molecule has 0 aliphatic rings. The Morgan fingerprint density at radius 3 is 2.88 bits per heavy atom. The van der Waals surface area contributed by atoms with Crippen LogP contribution in [0.15, 0.2) is 52.9 Å². The van der Waals surface area contributed by atoms with Crippen molar-refractivity contribution in [2.75, 3.05) is 25.0 Å². The topological polar surface area (TPSA) is 67.2 Å². The summed E-state index contributed by atoms with van der Waals surface area (Å²) < 4.78 is 1.50. The van der Waals surface area contributed by atoms with Crippen LogP contribution >= 0.6 is 11.3 Å². The van der Waals surface area contributed by atoms with Gasteiger partial charge in [0.05, 0.1) is 11.7 Å². The number of nitrogens with zero attached hydrogens (tertiary/aromatic N) is 3. The number of aromatic nitrogens is 2. The van der Waals surface area contributed by atoms with E-state index in [0.717, 1.165) is 23.5 Å². The molecule has 3 aromatic rings. The van der Waals surface area contributed by atoms with Crippen LogP contribution in [0.4, 0.5) is 5.69 Å². The van der Waals surface area contributed by atoms with Gasteiger partial charge >= 0.3 is 0 Å². The molecule has 0 bridgehead atoms. The van der Waals surface area contributed by atoms with Crippen LogP contribution in [0.25, 0.3) is 10.2 Å². The lowest BCUT2D eigenvalue weighted by Gasteiger charge is -2.19. The summed E-state index contributed by atoms with van der Waals surface area (Å²) in [4.78, 5) is 31.4. The van der Waals surface area contributed by atoms with Crippen molar-refractivity contribution in [3.63, 3.8) is 0 Å². The number of fused-ring (bicyclic) bond motifs is 1. The second-order valence-corrected chi connectivity index (χ2v) is 6.99. The van der Waals surface area contributed by atoms with Crippen molar-refractivity contribution in [3.8, 4) is 0 Å². The molecule has 2 aromatic heterocycles. The van der Waals surface area contributed by atoms with Gasteiger partial charge in [-0.25, -0.2) is 4.98 Å². The lowest BCUT2D eigenvalue weighted by atomic mass is 10.3. The van der Waals surface area contributed by atoms with Crippen LogP contribution < -0.4 is 15.8 Å². The molecule has 0 aliphatic carbocycles. The van der Waals surface area contributed by atoms with Crippen LogP contribution in [0, 0.1) is 0 Å². The Kier molecular flexibility index (Phi) is 6.01. The van der Waals surface area contributed by atoms with Crippen molar-refractivity contribution in [2.24, 2.45) is 0 Å². The predicted molar refractivity (Wildman–Crippen MR) is 106 cm³/mol. The summed E-state index contributed by atoms with van der Waals surface area (Å²) in [5.74, 6) is -0.0512. The van der Waals surface area contributed by atoms with Gasteiger partial charge < -0.3 is 10.2 Å². The highest BCUT2D eigenvalue weighted by Crippen LogP contribution is 2.13. The van der Waals surface area contributed by atoms with E-state index in [-0.39, 0.29) is 17.9 Å². The molecule has 1 aromatic carbocycles. The fraction of sp³-hybridized carbons (Fsp3) is 0.316. The Bertz CT molecular complexity index is 920. The van der Waals surface area contributed by atoms with E-state index in [1.54, 1.807) is 6.07 Å². The maximum absolute atomic E-state index is 12.3. The summed E-state index contributed by atoms with van der Waals surface area (Å²) in [6, 6.07) is 11.9. The number of nitrogens with one attached hydrogen (secondary N) is 1. The van der Waals surface area contributed by atoms with Crippen LogP contribution in [0.2, 0.25) is 0 Å². The van der Waals surface area contributed by atoms with Crippen molar-refractivity contribution in [2.45, 2.75) is 19.4 Å². The summed E-state index contributed by atoms with van der Waals surface area (Å²) in [6.07, 6.45) is 2.65. The van der Waals surface area contributed by atoms with Crippen molar-refractivity contribution in [3.05, 3.63) is 58.5 Å². The Labute approximate surface area is 156 Å². The Morgan fingerprint density at radius 1 is 1.27 bits per heavy atom. The van der Waals surface area contributed by atoms with Crippen LogP contribution in [0.1, 0.15) is 12.8 Å². The first-order valence-corrected chi connectivity index (χ1v) is 9.48. The van der Waals surface area contributed by atoms with E-state index in [1.807, 2.05) is 30.6 Å². The predicted octanol–water partition coefficient (Wildman–Crippen LogP) is 2.49. The minimum absolute atomic E-state index is 0.0512. The van der Waals surface area contributed by atoms with Gasteiger partial charge in [-0.05, 0) is 30.0 Å². The quantitative estimate of drug-likeness (QED) is 0.619. The zero-order chi connectivity index (χ0) is 18.4. The molecule has 1 amide bonds. The fourth-order valence-corrected chi connectivity index (χ4v) is 3.44. The van der Waals surface area contributed by atoms with Crippen molar-refractivity contribution in [1.82, 2.24) is 14.9 Å². The molecule has 0 saturated carbocycles. The molecule has 0 aliphatic heterocycles. The van der Waals surface area contributed by atoms with Crippen molar-refractivity contribution >= 4 is 33.1 Å². The summed E-state index contributed by atoms with van der Waals surface area (Å²) in [6.45, 7) is 1.82. The average molecular weight is 370 g/mol. The molecule has 0 radical (unpaired) electrons. The molecular formula is C19H22N4O2S. The highest BCUT2D eigenvalue weighted by Gasteiger charge is 2.07. The minimum Gasteiger partial charge on any atom is -0.375 e. The second kappa shape index (κ2) is 8.62. The number of hydrogen-bond acceptors (Lipinski definition) is 5. The first-order valence-electron chi connectivity index (χ1n) is 8.60. The SMILES string of the molecule is CN(CCCNC(=O)CCn1cnc2sccc2c1=O)c1ccccc1. The summed E-state index contributed by atoms with van der Waals surface area (Å²) >= 11 is 1.44. The highest BCUT2D eigenvalue weighted by atomic mass is 32.1. The molecule has 0 atom stereocenters. The molecule has 0 fully saturated rings. The van der Waals surface area contributed by atoms with Gasteiger partial charge in [0.1, 0.15) is 4.83 Å². The highest BCUT2D eigenvalue weighted by molar-refractivity contribution is 7.16. The number of carbonyl (C=O) groups is 1. The number of para-hydroxylation sites is 1. The standard InChI is InChI=1S/C19H22N4O2S/c1-22(15-6-3-2-4-7-15)11-5-10-20-17(24)8-12-23-14-21-18-16(19(23)25)9-13-26-18/h2-4,6-7,9,13-14H,5,8,10-12H2,1H3,(H,20,24). The molecule has 0 saturated heterocycles. The van der Waals surface area contributed by atoms with Crippen LogP contribution in [0.3, 0.4) is 0 Å². The number of hydrogen-bond donors (Lipinski definition) is 1. The van der Waals surface area contributed by atoms with E-state index in [1.165, 1.54) is 22.2 Å². The maximum atomic E-state index is 12.3. The largest absolute Gasteiger partial charge is 0.375 e. The fourth-order valence-electron chi connectivity index (χ4n) is 2.72. The normalized spacial score (nSPS) is 10.8. The number of benzene rings is 1. The van der Waals surface area contributed by atoms with Gasteiger partial charge in [-0.15, -0.1) is 11.3 Å². The Balaban J connectivity index is 1.40. The van der Waals surface area contributed by atoms with E-state index in [4.69, 9.17) is 0 Å². The Hall–Kier alpha value is -2.67. The van der Waals surface area contributed by atoms with Gasteiger partial charge in [0.15, 0.2) is 0 Å². The van der Waals surface area contributed by atoms with Crippen molar-refractivity contribution in [1.29, 1.82) is 0 Å². The molecule has 136 valence electrons. The smallest absolute Gasteiger partial charge is 0.262 e. The third-order valence-corrected chi connectivity index (χ3v) is 5.04. The lowest BCUT2D eigenvalue weighted by Crippen LogP contribution is -2.30. The first kappa shape index (κ1) is 18.1. The Morgan fingerprint density at radius 2 is 2.08 bits per heavy atom. The number of amides is 1. The third kappa shape index (κ3) is 4.49. The van der Waals surface area contributed by atoms with Gasteiger partial charge in [0.2, 0.25) is 5.91 Å². The molecule has 3 rings (SSSR count). The third-order valence-electron chi connectivity index (χ3n) is 4.22. The van der Waals surface area contributed by atoms with Gasteiger partial charge in [0.25, 0.3) is 5.56 Å². The maximum Gasteiger partial charge on any atom is 0.262 e. The first-order chi connectivity index (χ1) is 12.6. The molecule has 0 unspecified atom stereocenters.